The van der Waals surface area contributed by atoms with Crippen molar-refractivity contribution in [2.24, 2.45) is 0 Å². The number of likely N-dealkylation sites (N-methyl/N-ethyl adjacent to an activating group) is 1. The molecule has 1 fully saturated rings. The zero-order valence-electron chi connectivity index (χ0n) is 16.4. The van der Waals surface area contributed by atoms with Gasteiger partial charge in [0, 0.05) is 11.9 Å². The molecule has 1 aromatic carbocycles. The molecule has 0 spiro atoms. The summed E-state index contributed by atoms with van der Waals surface area (Å²) < 4.78 is 10.7. The highest BCUT2D eigenvalue weighted by Crippen LogP contribution is 2.37. The van der Waals surface area contributed by atoms with Crippen molar-refractivity contribution < 1.29 is 23.9 Å². The molecule has 3 heterocycles. The Kier molecular flexibility index (Phi) is 4.70. The summed E-state index contributed by atoms with van der Waals surface area (Å²) in [5.41, 5.74) is 0.402. The third kappa shape index (κ3) is 3.31. The molecule has 9 heteroatoms. The van der Waals surface area contributed by atoms with Crippen LogP contribution in [0.1, 0.15) is 22.9 Å². The molecular formula is C20H21N3O5S. The normalized spacial score (nSPS) is 20.2. The first-order valence-electron chi connectivity index (χ1n) is 9.11. The van der Waals surface area contributed by atoms with Gasteiger partial charge in [-0.05, 0) is 48.6 Å². The Morgan fingerprint density at radius 1 is 1.28 bits per heavy atom. The molecule has 8 nitrogen and oxygen atoms in total. The second-order valence-corrected chi connectivity index (χ2v) is 8.29. The van der Waals surface area contributed by atoms with Crippen molar-refractivity contribution in [3.05, 3.63) is 45.6 Å². The molecule has 1 N–H and O–H groups in total. The van der Waals surface area contributed by atoms with Crippen LogP contribution in [0.5, 0.6) is 11.5 Å². The standard InChI is InChI=1S/C20H21N3O5S/c1-12-6-7-29-16(12)9-22(3)17(24)10-23-18(25)20(2,21-19(23)26)13-4-5-14-15(8-13)28-11-27-14/h4-8H,9-11H2,1-3H3,(H,21,26)/t20-/m0/s1. The summed E-state index contributed by atoms with van der Waals surface area (Å²) in [4.78, 5) is 41.8. The van der Waals surface area contributed by atoms with Crippen LogP contribution in [-0.4, -0.2) is 48.0 Å². The predicted octanol–water partition coefficient (Wildman–Crippen LogP) is 2.21. The summed E-state index contributed by atoms with van der Waals surface area (Å²) in [6.07, 6.45) is 0. The number of amides is 4. The van der Waals surface area contributed by atoms with E-state index in [4.69, 9.17) is 9.47 Å². The Labute approximate surface area is 172 Å². The zero-order valence-corrected chi connectivity index (χ0v) is 17.2. The van der Waals surface area contributed by atoms with Gasteiger partial charge in [0.05, 0.1) is 6.54 Å². The van der Waals surface area contributed by atoms with Gasteiger partial charge in [0.25, 0.3) is 5.91 Å². The van der Waals surface area contributed by atoms with E-state index in [0.717, 1.165) is 15.3 Å². The van der Waals surface area contributed by atoms with Gasteiger partial charge < -0.3 is 19.7 Å². The molecule has 2 aliphatic rings. The molecule has 1 aromatic heterocycles. The van der Waals surface area contributed by atoms with Crippen LogP contribution in [0.3, 0.4) is 0 Å². The fourth-order valence-corrected chi connectivity index (χ4v) is 4.33. The summed E-state index contributed by atoms with van der Waals surface area (Å²) in [6, 6.07) is 6.49. The lowest BCUT2D eigenvalue weighted by Crippen LogP contribution is -2.43. The Hall–Kier alpha value is -3.07. The van der Waals surface area contributed by atoms with Crippen LogP contribution in [0.4, 0.5) is 4.79 Å². The van der Waals surface area contributed by atoms with Crippen molar-refractivity contribution in [3.63, 3.8) is 0 Å². The molecule has 29 heavy (non-hydrogen) atoms. The Balaban J connectivity index is 1.49. The number of fused-ring (bicyclic) bond motifs is 1. The van der Waals surface area contributed by atoms with E-state index in [0.29, 0.717) is 23.6 Å². The van der Waals surface area contributed by atoms with Crippen LogP contribution >= 0.6 is 11.3 Å². The molecule has 1 atom stereocenters. The number of aryl methyl sites for hydroxylation is 1. The first kappa shape index (κ1) is 19.3. The minimum atomic E-state index is -1.28. The highest BCUT2D eigenvalue weighted by molar-refractivity contribution is 7.10. The van der Waals surface area contributed by atoms with Crippen molar-refractivity contribution in [1.29, 1.82) is 0 Å². The summed E-state index contributed by atoms with van der Waals surface area (Å²) in [5, 5.41) is 4.68. The maximum Gasteiger partial charge on any atom is 0.325 e. The lowest BCUT2D eigenvalue weighted by Gasteiger charge is -2.23. The Bertz CT molecular complexity index is 1000. The van der Waals surface area contributed by atoms with Crippen molar-refractivity contribution >= 4 is 29.2 Å². The monoisotopic (exact) mass is 415 g/mol. The number of benzene rings is 1. The summed E-state index contributed by atoms with van der Waals surface area (Å²) in [6.45, 7) is 3.84. The highest BCUT2D eigenvalue weighted by Gasteiger charge is 2.50. The van der Waals surface area contributed by atoms with Gasteiger partial charge in [-0.3, -0.25) is 14.5 Å². The van der Waals surface area contributed by atoms with Gasteiger partial charge in [-0.15, -0.1) is 11.3 Å². The van der Waals surface area contributed by atoms with Crippen molar-refractivity contribution in [2.45, 2.75) is 25.9 Å². The second kappa shape index (κ2) is 7.07. The number of carbonyl (C=O) groups is 3. The Morgan fingerprint density at radius 3 is 2.76 bits per heavy atom. The van der Waals surface area contributed by atoms with E-state index in [1.54, 1.807) is 43.5 Å². The van der Waals surface area contributed by atoms with Crippen LogP contribution in [0.2, 0.25) is 0 Å². The van der Waals surface area contributed by atoms with E-state index < -0.39 is 17.5 Å². The molecule has 152 valence electrons. The number of carbonyl (C=O) groups excluding carboxylic acids is 3. The van der Waals surface area contributed by atoms with Gasteiger partial charge in [0.15, 0.2) is 11.5 Å². The first-order valence-corrected chi connectivity index (χ1v) is 9.99. The van der Waals surface area contributed by atoms with E-state index in [2.05, 4.69) is 5.32 Å². The van der Waals surface area contributed by atoms with Gasteiger partial charge in [-0.25, -0.2) is 4.79 Å². The highest BCUT2D eigenvalue weighted by atomic mass is 32.1. The predicted molar refractivity (Wildman–Crippen MR) is 106 cm³/mol. The molecule has 2 aliphatic heterocycles. The summed E-state index contributed by atoms with van der Waals surface area (Å²) in [7, 11) is 1.66. The van der Waals surface area contributed by atoms with Gasteiger partial charge in [0.1, 0.15) is 12.1 Å². The van der Waals surface area contributed by atoms with Gasteiger partial charge in [0.2, 0.25) is 12.7 Å². The molecule has 1 saturated heterocycles. The number of ether oxygens (including phenoxy) is 2. The van der Waals surface area contributed by atoms with Crippen LogP contribution in [-0.2, 0) is 21.7 Å². The van der Waals surface area contributed by atoms with Gasteiger partial charge in [-0.1, -0.05) is 6.07 Å². The first-order chi connectivity index (χ1) is 13.8. The summed E-state index contributed by atoms with van der Waals surface area (Å²) >= 11 is 1.57. The van der Waals surface area contributed by atoms with Crippen LogP contribution in [0, 0.1) is 6.92 Å². The molecule has 0 aliphatic carbocycles. The third-order valence-electron chi connectivity index (χ3n) is 5.29. The van der Waals surface area contributed by atoms with Gasteiger partial charge in [-0.2, -0.15) is 0 Å². The van der Waals surface area contributed by atoms with Crippen LogP contribution in [0.15, 0.2) is 29.6 Å². The van der Waals surface area contributed by atoms with Crippen LogP contribution in [0.25, 0.3) is 0 Å². The number of thiophene rings is 1. The zero-order chi connectivity index (χ0) is 20.8. The molecule has 0 unspecified atom stereocenters. The SMILES string of the molecule is Cc1ccsc1CN(C)C(=O)CN1C(=O)N[C@@](C)(c2ccc3c(c2)OCO3)C1=O. The van der Waals surface area contributed by atoms with E-state index in [-0.39, 0.29) is 19.2 Å². The number of imide groups is 1. The average molecular weight is 415 g/mol. The number of hydrogen-bond acceptors (Lipinski definition) is 6. The quantitative estimate of drug-likeness (QED) is 0.757. The van der Waals surface area contributed by atoms with E-state index in [1.807, 2.05) is 18.4 Å². The number of rotatable bonds is 5. The minimum Gasteiger partial charge on any atom is -0.454 e. The fourth-order valence-electron chi connectivity index (χ4n) is 3.37. The Morgan fingerprint density at radius 2 is 2.03 bits per heavy atom. The average Bonchev–Trinajstić information content (AvgIpc) is 3.37. The number of nitrogens with one attached hydrogen (secondary N) is 1. The molecule has 4 rings (SSSR count). The largest absolute Gasteiger partial charge is 0.454 e. The topological polar surface area (TPSA) is 88.2 Å². The molecule has 0 radical (unpaired) electrons. The molecule has 0 saturated carbocycles. The van der Waals surface area contributed by atoms with Crippen molar-refractivity contribution in [1.82, 2.24) is 15.1 Å². The fraction of sp³-hybridized carbons (Fsp3) is 0.350. The molecule has 4 amide bonds. The second-order valence-electron chi connectivity index (χ2n) is 7.29. The number of urea groups is 1. The molecule has 0 bridgehead atoms. The third-order valence-corrected chi connectivity index (χ3v) is 6.30. The lowest BCUT2D eigenvalue weighted by molar-refractivity contribution is -0.138. The maximum atomic E-state index is 13.1. The minimum absolute atomic E-state index is 0.118. The van der Waals surface area contributed by atoms with Crippen molar-refractivity contribution in [2.75, 3.05) is 20.4 Å². The maximum absolute atomic E-state index is 13.1. The van der Waals surface area contributed by atoms with Crippen LogP contribution < -0.4 is 14.8 Å². The van der Waals surface area contributed by atoms with E-state index >= 15 is 0 Å². The van der Waals surface area contributed by atoms with E-state index in [9.17, 15) is 14.4 Å². The molecule has 2 aromatic rings. The van der Waals surface area contributed by atoms with Gasteiger partial charge >= 0.3 is 6.03 Å². The smallest absolute Gasteiger partial charge is 0.325 e. The van der Waals surface area contributed by atoms with Crippen molar-refractivity contribution in [3.8, 4) is 11.5 Å². The van der Waals surface area contributed by atoms with E-state index in [1.165, 1.54) is 4.90 Å². The summed E-state index contributed by atoms with van der Waals surface area (Å²) in [5.74, 6) is 0.324. The number of nitrogens with zero attached hydrogens (tertiary/aromatic N) is 2. The molecular weight excluding hydrogens is 394 g/mol. The number of hydrogen-bond donors (Lipinski definition) is 1. The lowest BCUT2D eigenvalue weighted by atomic mass is 9.91.